The first-order valence-electron chi connectivity index (χ1n) is 10.1. The zero-order valence-corrected chi connectivity index (χ0v) is 17.0. The summed E-state index contributed by atoms with van der Waals surface area (Å²) in [6.07, 6.45) is 11.5. The Morgan fingerprint density at radius 2 is 1.81 bits per heavy atom. The van der Waals surface area contributed by atoms with Crippen molar-refractivity contribution in [3.8, 4) is 11.4 Å². The summed E-state index contributed by atoms with van der Waals surface area (Å²) in [6, 6.07) is 4.02. The lowest BCUT2D eigenvalue weighted by Gasteiger charge is -2.29. The molecule has 4 aromatic rings. The van der Waals surface area contributed by atoms with Crippen molar-refractivity contribution in [2.24, 2.45) is 0 Å². The van der Waals surface area contributed by atoms with E-state index in [9.17, 15) is 4.39 Å². The molecule has 0 unspecified atom stereocenters. The number of hydrogen-bond acceptors (Lipinski definition) is 8. The standard InChI is InChI=1S/C21H22FN9/c1-30-6-4-14(5-7-30)28-21-26-10-17(22)20(29-21)18-11-25-19-3-2-15(12-31(18)19)27-16-8-23-13-24-9-16/h2-3,8-14,27H,4-7H2,1H3,(H,26,28,29). The number of likely N-dealkylation sites (tertiary alicyclic amines) is 1. The maximum Gasteiger partial charge on any atom is 0.223 e. The van der Waals surface area contributed by atoms with E-state index < -0.39 is 5.82 Å². The van der Waals surface area contributed by atoms with Crippen LogP contribution in [0, 0.1) is 5.82 Å². The van der Waals surface area contributed by atoms with Crippen molar-refractivity contribution in [1.29, 1.82) is 0 Å². The quantitative estimate of drug-likeness (QED) is 0.510. The monoisotopic (exact) mass is 419 g/mol. The fraction of sp³-hybridized carbons (Fsp3) is 0.286. The second kappa shape index (κ2) is 8.23. The summed E-state index contributed by atoms with van der Waals surface area (Å²) >= 11 is 0. The molecule has 1 aliphatic heterocycles. The lowest BCUT2D eigenvalue weighted by Crippen LogP contribution is -2.37. The summed E-state index contributed by atoms with van der Waals surface area (Å²) in [7, 11) is 2.11. The predicted molar refractivity (Wildman–Crippen MR) is 116 cm³/mol. The fourth-order valence-corrected chi connectivity index (χ4v) is 3.71. The van der Waals surface area contributed by atoms with E-state index >= 15 is 0 Å². The second-order valence-corrected chi connectivity index (χ2v) is 7.65. The highest BCUT2D eigenvalue weighted by Gasteiger charge is 2.19. The van der Waals surface area contributed by atoms with Crippen molar-refractivity contribution in [1.82, 2.24) is 34.2 Å². The number of piperidine rings is 1. The van der Waals surface area contributed by atoms with Gasteiger partial charge >= 0.3 is 0 Å². The lowest BCUT2D eigenvalue weighted by molar-refractivity contribution is 0.263. The number of halogens is 1. The molecule has 0 saturated carbocycles. The molecule has 158 valence electrons. The first-order valence-corrected chi connectivity index (χ1v) is 10.1. The molecule has 2 N–H and O–H groups in total. The number of nitrogens with zero attached hydrogens (tertiary/aromatic N) is 7. The molecule has 9 nitrogen and oxygen atoms in total. The number of aromatic nitrogens is 6. The maximum absolute atomic E-state index is 14.7. The molecule has 0 atom stereocenters. The smallest absolute Gasteiger partial charge is 0.223 e. The molecule has 10 heteroatoms. The molecular formula is C21H22FN9. The van der Waals surface area contributed by atoms with Gasteiger partial charge in [-0.25, -0.2) is 29.3 Å². The van der Waals surface area contributed by atoms with Crippen LogP contribution in [0.15, 0.2) is 49.4 Å². The number of rotatable bonds is 5. The zero-order chi connectivity index (χ0) is 21.2. The molecular weight excluding hydrogens is 397 g/mol. The zero-order valence-electron chi connectivity index (χ0n) is 17.0. The summed E-state index contributed by atoms with van der Waals surface area (Å²) in [5, 5.41) is 6.58. The van der Waals surface area contributed by atoms with Gasteiger partial charge in [0, 0.05) is 12.2 Å². The molecule has 5 heterocycles. The maximum atomic E-state index is 14.7. The van der Waals surface area contributed by atoms with Gasteiger partial charge in [0.2, 0.25) is 5.95 Å². The van der Waals surface area contributed by atoms with Gasteiger partial charge in [0.05, 0.1) is 41.9 Å². The van der Waals surface area contributed by atoms with Crippen LogP contribution < -0.4 is 10.6 Å². The van der Waals surface area contributed by atoms with Gasteiger partial charge in [0.15, 0.2) is 5.82 Å². The van der Waals surface area contributed by atoms with E-state index in [1.807, 2.05) is 18.3 Å². The van der Waals surface area contributed by atoms with Gasteiger partial charge in [0.1, 0.15) is 17.7 Å². The Labute approximate surface area is 178 Å². The van der Waals surface area contributed by atoms with Gasteiger partial charge in [-0.15, -0.1) is 0 Å². The highest BCUT2D eigenvalue weighted by atomic mass is 19.1. The molecule has 5 rings (SSSR count). The van der Waals surface area contributed by atoms with Crippen molar-refractivity contribution in [3.05, 3.63) is 55.3 Å². The molecule has 0 bridgehead atoms. The SMILES string of the molecule is CN1CCC(Nc2ncc(F)c(-c3cnc4ccc(Nc5cncnc5)cn34)n2)CC1. The van der Waals surface area contributed by atoms with E-state index in [4.69, 9.17) is 0 Å². The third-order valence-electron chi connectivity index (χ3n) is 5.39. The number of nitrogens with one attached hydrogen (secondary N) is 2. The number of imidazole rings is 1. The highest BCUT2D eigenvalue weighted by molar-refractivity contribution is 5.65. The molecule has 0 aromatic carbocycles. The van der Waals surface area contributed by atoms with Crippen LogP contribution in [0.3, 0.4) is 0 Å². The van der Waals surface area contributed by atoms with E-state index in [1.165, 1.54) is 12.5 Å². The van der Waals surface area contributed by atoms with Crippen LogP contribution in [0.25, 0.3) is 17.0 Å². The van der Waals surface area contributed by atoms with E-state index in [2.05, 4.69) is 47.5 Å². The average Bonchev–Trinajstić information content (AvgIpc) is 3.20. The number of pyridine rings is 1. The average molecular weight is 419 g/mol. The first-order chi connectivity index (χ1) is 15.2. The minimum absolute atomic E-state index is 0.207. The van der Waals surface area contributed by atoms with Gasteiger partial charge in [-0.2, -0.15) is 0 Å². The Kier molecular flexibility index (Phi) is 5.13. The van der Waals surface area contributed by atoms with Gasteiger partial charge < -0.3 is 15.5 Å². The third kappa shape index (κ3) is 4.15. The van der Waals surface area contributed by atoms with E-state index in [-0.39, 0.29) is 11.7 Å². The Morgan fingerprint density at radius 3 is 2.61 bits per heavy atom. The Hall–Kier alpha value is -3.66. The topological polar surface area (TPSA) is 96.2 Å². The van der Waals surface area contributed by atoms with Crippen LogP contribution in [0.2, 0.25) is 0 Å². The van der Waals surface area contributed by atoms with Crippen molar-refractivity contribution in [3.63, 3.8) is 0 Å². The van der Waals surface area contributed by atoms with Crippen molar-refractivity contribution in [2.75, 3.05) is 30.8 Å². The highest BCUT2D eigenvalue weighted by Crippen LogP contribution is 2.25. The Bertz CT molecular complexity index is 1190. The largest absolute Gasteiger partial charge is 0.352 e. The van der Waals surface area contributed by atoms with Crippen LogP contribution in [-0.4, -0.2) is 60.4 Å². The molecule has 1 aliphatic rings. The Balaban J connectivity index is 1.45. The molecule has 0 radical (unpaired) electrons. The van der Waals surface area contributed by atoms with Crippen LogP contribution in [0.1, 0.15) is 12.8 Å². The molecule has 1 saturated heterocycles. The van der Waals surface area contributed by atoms with Crippen LogP contribution in [0.4, 0.5) is 21.7 Å². The van der Waals surface area contributed by atoms with E-state index in [0.717, 1.165) is 37.3 Å². The summed E-state index contributed by atoms with van der Waals surface area (Å²) in [5.41, 5.74) is 2.99. The summed E-state index contributed by atoms with van der Waals surface area (Å²) < 4.78 is 16.5. The van der Waals surface area contributed by atoms with Gasteiger partial charge in [-0.1, -0.05) is 0 Å². The summed E-state index contributed by atoms with van der Waals surface area (Å²) in [5.74, 6) is -0.0674. The van der Waals surface area contributed by atoms with Gasteiger partial charge in [-0.3, -0.25) is 4.40 Å². The number of fused-ring (bicyclic) bond motifs is 1. The van der Waals surface area contributed by atoms with Gasteiger partial charge in [-0.05, 0) is 45.1 Å². The van der Waals surface area contributed by atoms with Gasteiger partial charge in [0.25, 0.3) is 0 Å². The summed E-state index contributed by atoms with van der Waals surface area (Å²) in [4.78, 5) is 23.3. The summed E-state index contributed by atoms with van der Waals surface area (Å²) in [6.45, 7) is 2.03. The number of hydrogen-bond donors (Lipinski definition) is 2. The van der Waals surface area contributed by atoms with Crippen LogP contribution >= 0.6 is 0 Å². The molecule has 0 aliphatic carbocycles. The van der Waals surface area contributed by atoms with E-state index in [1.54, 1.807) is 23.0 Å². The van der Waals surface area contributed by atoms with Crippen molar-refractivity contribution >= 4 is 23.0 Å². The minimum atomic E-state index is -0.495. The lowest BCUT2D eigenvalue weighted by atomic mass is 10.1. The van der Waals surface area contributed by atoms with Crippen molar-refractivity contribution in [2.45, 2.75) is 18.9 Å². The molecule has 4 aromatic heterocycles. The minimum Gasteiger partial charge on any atom is -0.352 e. The Morgan fingerprint density at radius 1 is 1.00 bits per heavy atom. The molecule has 31 heavy (non-hydrogen) atoms. The normalized spacial score (nSPS) is 15.3. The third-order valence-corrected chi connectivity index (χ3v) is 5.39. The van der Waals surface area contributed by atoms with Crippen molar-refractivity contribution < 1.29 is 4.39 Å². The van der Waals surface area contributed by atoms with E-state index in [0.29, 0.717) is 17.3 Å². The fourth-order valence-electron chi connectivity index (χ4n) is 3.71. The second-order valence-electron chi connectivity index (χ2n) is 7.65. The van der Waals surface area contributed by atoms with Crippen LogP contribution in [-0.2, 0) is 0 Å². The predicted octanol–water partition coefficient (Wildman–Crippen LogP) is 2.97. The molecule has 1 fully saturated rings. The van der Waals surface area contributed by atoms with Crippen LogP contribution in [0.5, 0.6) is 0 Å². The number of anilines is 3. The first kappa shape index (κ1) is 19.3. The molecule has 0 spiro atoms. The molecule has 0 amide bonds.